The quantitative estimate of drug-likeness (QED) is 0.202. The molecule has 1 aliphatic heterocycles. The standard InChI is InChI=1S/C31H33IN2O9S/c1-7-40-22-13-18(10-11-21(22)43-16-25(35)39-6)27-26(30(37)42-9-3)17(4)33-31-34(27)29(36)24(44-31)14-19-12-20(32)15-23(38-5)28(19)41-8-2/h10-15,27H,7-9,16H2,1-6H3/b24-14+/t27-/m1/s1. The first-order valence-corrected chi connectivity index (χ1v) is 15.7. The Morgan fingerprint density at radius 3 is 2.41 bits per heavy atom. The summed E-state index contributed by atoms with van der Waals surface area (Å²) in [6.45, 7) is 7.65. The smallest absolute Gasteiger partial charge is 0.343 e. The number of hydrogen-bond donors (Lipinski definition) is 0. The molecule has 234 valence electrons. The van der Waals surface area contributed by atoms with Crippen LogP contribution < -0.4 is 33.8 Å². The number of ether oxygens (including phenoxy) is 6. The van der Waals surface area contributed by atoms with E-state index in [1.807, 2.05) is 26.0 Å². The zero-order chi connectivity index (χ0) is 32.0. The molecule has 3 aromatic rings. The van der Waals surface area contributed by atoms with Crippen LogP contribution in [-0.4, -0.2) is 57.2 Å². The van der Waals surface area contributed by atoms with Crippen molar-refractivity contribution in [2.24, 2.45) is 4.99 Å². The van der Waals surface area contributed by atoms with E-state index in [4.69, 9.17) is 23.7 Å². The van der Waals surface area contributed by atoms with E-state index < -0.39 is 18.0 Å². The lowest BCUT2D eigenvalue weighted by Gasteiger charge is -2.25. The van der Waals surface area contributed by atoms with Crippen LogP contribution in [0.15, 0.2) is 51.4 Å². The molecule has 1 atom stereocenters. The minimum absolute atomic E-state index is 0.145. The normalized spacial score (nSPS) is 14.4. The lowest BCUT2D eigenvalue weighted by molar-refractivity contribution is -0.143. The second-order valence-corrected chi connectivity index (χ2v) is 11.5. The number of rotatable bonds is 12. The third-order valence-corrected chi connectivity index (χ3v) is 8.12. The number of carbonyl (C=O) groups is 2. The second-order valence-electron chi connectivity index (χ2n) is 9.27. The van der Waals surface area contributed by atoms with E-state index in [1.165, 1.54) is 23.0 Å². The maximum absolute atomic E-state index is 14.2. The molecular weight excluding hydrogens is 703 g/mol. The zero-order valence-electron chi connectivity index (χ0n) is 25.2. The molecular formula is C31H33IN2O9S. The molecule has 11 nitrogen and oxygen atoms in total. The maximum atomic E-state index is 14.2. The average Bonchev–Trinajstić information content (AvgIpc) is 3.30. The summed E-state index contributed by atoms with van der Waals surface area (Å²) in [5.41, 5.74) is 1.54. The summed E-state index contributed by atoms with van der Waals surface area (Å²) < 4.78 is 35.7. The number of aromatic nitrogens is 1. The van der Waals surface area contributed by atoms with E-state index in [0.717, 1.165) is 3.57 Å². The van der Waals surface area contributed by atoms with Crippen molar-refractivity contribution in [1.82, 2.24) is 4.57 Å². The highest BCUT2D eigenvalue weighted by atomic mass is 127. The highest BCUT2D eigenvalue weighted by Gasteiger charge is 2.34. The molecule has 0 saturated carbocycles. The Morgan fingerprint density at radius 1 is 1.00 bits per heavy atom. The Hall–Kier alpha value is -3.85. The first-order chi connectivity index (χ1) is 21.2. The topological polar surface area (TPSA) is 124 Å². The van der Waals surface area contributed by atoms with Gasteiger partial charge in [0.05, 0.1) is 55.9 Å². The third-order valence-electron chi connectivity index (χ3n) is 6.52. The molecule has 1 aliphatic rings. The monoisotopic (exact) mass is 736 g/mol. The molecule has 2 aromatic carbocycles. The van der Waals surface area contributed by atoms with Gasteiger partial charge in [-0.25, -0.2) is 14.6 Å². The number of allylic oxidation sites excluding steroid dienone is 1. The number of hydrogen-bond acceptors (Lipinski definition) is 11. The Bertz CT molecular complexity index is 1780. The van der Waals surface area contributed by atoms with Crippen molar-refractivity contribution >= 4 is 51.9 Å². The van der Waals surface area contributed by atoms with Crippen LogP contribution in [0.3, 0.4) is 0 Å². The van der Waals surface area contributed by atoms with Gasteiger partial charge in [-0.2, -0.15) is 0 Å². The van der Waals surface area contributed by atoms with Crippen molar-refractivity contribution in [1.29, 1.82) is 0 Å². The Labute approximate surface area is 271 Å². The largest absolute Gasteiger partial charge is 0.493 e. The molecule has 0 aliphatic carbocycles. The Morgan fingerprint density at radius 2 is 1.75 bits per heavy atom. The summed E-state index contributed by atoms with van der Waals surface area (Å²) in [6, 6.07) is 7.91. The van der Waals surface area contributed by atoms with Crippen LogP contribution >= 0.6 is 33.9 Å². The van der Waals surface area contributed by atoms with E-state index in [9.17, 15) is 14.4 Å². The van der Waals surface area contributed by atoms with Gasteiger partial charge in [0.15, 0.2) is 34.4 Å². The Balaban J connectivity index is 1.94. The lowest BCUT2D eigenvalue weighted by Crippen LogP contribution is -2.40. The van der Waals surface area contributed by atoms with E-state index in [1.54, 1.807) is 45.2 Å². The molecule has 4 rings (SSSR count). The molecule has 0 amide bonds. The first kappa shape index (κ1) is 33.1. The molecule has 0 spiro atoms. The number of thiazole rings is 1. The summed E-state index contributed by atoms with van der Waals surface area (Å²) in [7, 11) is 2.83. The van der Waals surface area contributed by atoms with Crippen LogP contribution in [0.4, 0.5) is 0 Å². The molecule has 0 radical (unpaired) electrons. The molecule has 0 fully saturated rings. The summed E-state index contributed by atoms with van der Waals surface area (Å²) in [5, 5.41) is 0. The number of nitrogens with zero attached hydrogens (tertiary/aromatic N) is 2. The maximum Gasteiger partial charge on any atom is 0.343 e. The summed E-state index contributed by atoms with van der Waals surface area (Å²) in [6.07, 6.45) is 1.75. The van der Waals surface area contributed by atoms with Crippen LogP contribution in [0.5, 0.6) is 23.0 Å². The summed E-state index contributed by atoms with van der Waals surface area (Å²) >= 11 is 3.38. The fraction of sp³-hybridized carbons (Fsp3) is 0.355. The summed E-state index contributed by atoms with van der Waals surface area (Å²) in [5.74, 6) is 0.575. The van der Waals surface area contributed by atoms with Gasteiger partial charge in [-0.05, 0) is 86.2 Å². The van der Waals surface area contributed by atoms with E-state index in [-0.39, 0.29) is 24.3 Å². The first-order valence-electron chi connectivity index (χ1n) is 13.8. The minimum Gasteiger partial charge on any atom is -0.493 e. The number of fused-ring (bicyclic) bond motifs is 1. The van der Waals surface area contributed by atoms with Crippen molar-refractivity contribution < 1.29 is 38.0 Å². The van der Waals surface area contributed by atoms with Gasteiger partial charge < -0.3 is 28.4 Å². The fourth-order valence-corrected chi connectivity index (χ4v) is 6.33. The molecule has 2 heterocycles. The van der Waals surface area contributed by atoms with Gasteiger partial charge in [0.2, 0.25) is 0 Å². The van der Waals surface area contributed by atoms with Crippen LogP contribution in [-0.2, 0) is 19.1 Å². The Kier molecular flexibility index (Phi) is 11.1. The number of esters is 2. The molecule has 0 bridgehead atoms. The van der Waals surface area contributed by atoms with Gasteiger partial charge in [-0.3, -0.25) is 9.36 Å². The van der Waals surface area contributed by atoms with Gasteiger partial charge in [-0.15, -0.1) is 0 Å². The van der Waals surface area contributed by atoms with Crippen molar-refractivity contribution in [3.8, 4) is 23.0 Å². The second kappa shape index (κ2) is 14.8. The van der Waals surface area contributed by atoms with Crippen LogP contribution in [0.2, 0.25) is 0 Å². The van der Waals surface area contributed by atoms with Gasteiger partial charge in [0.25, 0.3) is 5.56 Å². The predicted molar refractivity (Wildman–Crippen MR) is 172 cm³/mol. The van der Waals surface area contributed by atoms with E-state index in [2.05, 4.69) is 32.3 Å². The average molecular weight is 737 g/mol. The van der Waals surface area contributed by atoms with Crippen LogP contribution in [0.25, 0.3) is 6.08 Å². The van der Waals surface area contributed by atoms with Crippen molar-refractivity contribution in [2.75, 3.05) is 40.6 Å². The van der Waals surface area contributed by atoms with E-state index >= 15 is 0 Å². The van der Waals surface area contributed by atoms with Gasteiger partial charge in [0.1, 0.15) is 0 Å². The van der Waals surface area contributed by atoms with Crippen LogP contribution in [0.1, 0.15) is 44.9 Å². The molecule has 0 N–H and O–H groups in total. The van der Waals surface area contributed by atoms with Crippen molar-refractivity contribution in [3.05, 3.63) is 76.0 Å². The number of halogens is 1. The van der Waals surface area contributed by atoms with Gasteiger partial charge in [-0.1, -0.05) is 17.4 Å². The van der Waals surface area contributed by atoms with Crippen LogP contribution in [0, 0.1) is 3.57 Å². The molecule has 0 saturated heterocycles. The fourth-order valence-electron chi connectivity index (χ4n) is 4.67. The predicted octanol–water partition coefficient (Wildman–Crippen LogP) is 3.76. The minimum atomic E-state index is -0.877. The molecule has 1 aromatic heterocycles. The SMILES string of the molecule is CCOC(=O)C1=C(C)N=c2s/c(=C/c3cc(I)cc(OC)c3OCC)c(=O)n2[C@@H]1c1ccc(OCC(=O)OC)c(OCC)c1. The molecule has 13 heteroatoms. The third kappa shape index (κ3) is 6.93. The summed E-state index contributed by atoms with van der Waals surface area (Å²) in [4.78, 5) is 44.2. The highest BCUT2D eigenvalue weighted by Crippen LogP contribution is 2.37. The zero-order valence-corrected chi connectivity index (χ0v) is 28.2. The van der Waals surface area contributed by atoms with Crippen molar-refractivity contribution in [2.45, 2.75) is 33.7 Å². The highest BCUT2D eigenvalue weighted by molar-refractivity contribution is 14.1. The van der Waals surface area contributed by atoms with Crippen molar-refractivity contribution in [3.63, 3.8) is 0 Å². The molecule has 0 unspecified atom stereocenters. The number of methoxy groups -OCH3 is 2. The molecule has 44 heavy (non-hydrogen) atoms. The lowest BCUT2D eigenvalue weighted by atomic mass is 9.95. The number of benzene rings is 2. The van der Waals surface area contributed by atoms with Gasteiger partial charge >= 0.3 is 11.9 Å². The number of carbonyl (C=O) groups excluding carboxylic acids is 2. The van der Waals surface area contributed by atoms with Gasteiger partial charge in [0, 0.05) is 9.13 Å². The van der Waals surface area contributed by atoms with E-state index in [0.29, 0.717) is 62.4 Å².